The molecule has 2 aromatic carbocycles. The van der Waals surface area contributed by atoms with Gasteiger partial charge in [0.25, 0.3) is 5.91 Å². The molecule has 0 aliphatic carbocycles. The van der Waals surface area contributed by atoms with Gasteiger partial charge in [-0.2, -0.15) is 0 Å². The van der Waals surface area contributed by atoms with Crippen LogP contribution in [-0.4, -0.2) is 75.6 Å². The molecule has 0 bridgehead atoms. The number of hydrogen-bond donors (Lipinski definition) is 0. The van der Waals surface area contributed by atoms with E-state index in [9.17, 15) is 9.59 Å². The van der Waals surface area contributed by atoms with Gasteiger partial charge in [-0.15, -0.1) is 0 Å². The molecule has 2 amide bonds. The van der Waals surface area contributed by atoms with E-state index < -0.39 is 0 Å². The molecule has 8 nitrogen and oxygen atoms in total. The van der Waals surface area contributed by atoms with E-state index in [2.05, 4.69) is 21.3 Å². The highest BCUT2D eigenvalue weighted by atomic mass is 16.6. The fraction of sp³-hybridized carbons (Fsp3) is 0.440. The zero-order valence-corrected chi connectivity index (χ0v) is 18.9. The minimum Gasteiger partial charge on any atom is -0.336 e. The minimum atomic E-state index is -0.0328. The molecule has 8 heteroatoms. The van der Waals surface area contributed by atoms with Crippen LogP contribution in [0.25, 0.3) is 11.0 Å². The van der Waals surface area contributed by atoms with Crippen molar-refractivity contribution in [1.82, 2.24) is 25.0 Å². The first-order valence-electron chi connectivity index (χ1n) is 11.7. The fourth-order valence-electron chi connectivity index (χ4n) is 5.03. The summed E-state index contributed by atoms with van der Waals surface area (Å²) in [6.45, 7) is 6.15. The van der Waals surface area contributed by atoms with Crippen LogP contribution >= 0.6 is 0 Å². The molecule has 172 valence electrons. The van der Waals surface area contributed by atoms with E-state index in [1.807, 2.05) is 48.2 Å². The van der Waals surface area contributed by atoms with Crippen LogP contribution < -0.4 is 0 Å². The van der Waals surface area contributed by atoms with Crippen molar-refractivity contribution in [2.45, 2.75) is 38.8 Å². The predicted octanol–water partition coefficient (Wildman–Crippen LogP) is 2.73. The van der Waals surface area contributed by atoms with Gasteiger partial charge in [0.1, 0.15) is 17.6 Å². The highest BCUT2D eigenvalue weighted by Gasteiger charge is 2.34. The lowest BCUT2D eigenvalue weighted by atomic mass is 10.0. The van der Waals surface area contributed by atoms with E-state index in [4.69, 9.17) is 4.63 Å². The largest absolute Gasteiger partial charge is 0.336 e. The molecule has 0 spiro atoms. The Morgan fingerprint density at radius 3 is 2.61 bits per heavy atom. The third kappa shape index (κ3) is 4.48. The van der Waals surface area contributed by atoms with Gasteiger partial charge in [0, 0.05) is 44.3 Å². The third-order valence-corrected chi connectivity index (χ3v) is 6.90. The van der Waals surface area contributed by atoms with Crippen LogP contribution in [0.15, 0.2) is 47.1 Å². The number of rotatable bonds is 5. The summed E-state index contributed by atoms with van der Waals surface area (Å²) in [4.78, 5) is 32.1. The second-order valence-corrected chi connectivity index (χ2v) is 8.92. The van der Waals surface area contributed by atoms with Crippen molar-refractivity contribution in [1.29, 1.82) is 0 Å². The Bertz CT molecular complexity index is 1150. The van der Waals surface area contributed by atoms with E-state index in [1.165, 1.54) is 5.56 Å². The van der Waals surface area contributed by atoms with Crippen LogP contribution in [0.3, 0.4) is 0 Å². The molecule has 3 aromatic rings. The van der Waals surface area contributed by atoms with Crippen LogP contribution in [0, 0.1) is 0 Å². The van der Waals surface area contributed by atoms with Gasteiger partial charge >= 0.3 is 0 Å². The lowest BCUT2D eigenvalue weighted by Crippen LogP contribution is -2.57. The first kappa shape index (κ1) is 21.6. The number of benzene rings is 2. The standard InChI is InChI=1S/C25H29N5O3/c1-2-19-5-3-4-6-21(19)25(32)29-13-14-30(24(31)17-29)20-9-11-28(12-10-20)16-18-7-8-22-23(15-18)27-33-26-22/h3-8,15,20H,2,9-14,16-17H2,1H3. The zero-order chi connectivity index (χ0) is 22.8. The smallest absolute Gasteiger partial charge is 0.254 e. The Hall–Kier alpha value is -3.26. The number of amides is 2. The minimum absolute atomic E-state index is 0.0328. The van der Waals surface area contributed by atoms with E-state index in [0.29, 0.717) is 18.7 Å². The molecule has 5 rings (SSSR count). The average molecular weight is 448 g/mol. The fourth-order valence-corrected chi connectivity index (χ4v) is 5.03. The number of carbonyl (C=O) groups excluding carboxylic acids is 2. The summed E-state index contributed by atoms with van der Waals surface area (Å²) in [7, 11) is 0. The number of fused-ring (bicyclic) bond motifs is 1. The van der Waals surface area contributed by atoms with Gasteiger partial charge in [-0.3, -0.25) is 14.5 Å². The Morgan fingerprint density at radius 2 is 1.82 bits per heavy atom. The summed E-state index contributed by atoms with van der Waals surface area (Å²) in [5.74, 6) is 0.0283. The molecule has 0 saturated carbocycles. The van der Waals surface area contributed by atoms with Crippen molar-refractivity contribution in [3.8, 4) is 0 Å². The van der Waals surface area contributed by atoms with Crippen LogP contribution in [0.5, 0.6) is 0 Å². The molecular weight excluding hydrogens is 418 g/mol. The Kier molecular flexibility index (Phi) is 6.09. The van der Waals surface area contributed by atoms with Crippen molar-refractivity contribution in [2.75, 3.05) is 32.7 Å². The van der Waals surface area contributed by atoms with Gasteiger partial charge in [0.15, 0.2) is 0 Å². The SMILES string of the molecule is CCc1ccccc1C(=O)N1CCN(C2CCN(Cc3ccc4nonc4c3)CC2)C(=O)C1. The van der Waals surface area contributed by atoms with E-state index in [0.717, 1.165) is 55.5 Å². The highest BCUT2D eigenvalue weighted by molar-refractivity contribution is 5.98. The van der Waals surface area contributed by atoms with Crippen molar-refractivity contribution < 1.29 is 14.2 Å². The summed E-state index contributed by atoms with van der Waals surface area (Å²) in [6.07, 6.45) is 2.70. The maximum atomic E-state index is 13.0. The van der Waals surface area contributed by atoms with Gasteiger partial charge in [0.05, 0.1) is 0 Å². The Balaban J connectivity index is 1.15. The van der Waals surface area contributed by atoms with E-state index in [-0.39, 0.29) is 24.4 Å². The van der Waals surface area contributed by atoms with Crippen molar-refractivity contribution in [2.24, 2.45) is 0 Å². The number of nitrogens with zero attached hydrogens (tertiary/aromatic N) is 5. The molecule has 2 aliphatic heterocycles. The number of likely N-dealkylation sites (tertiary alicyclic amines) is 1. The molecule has 2 fully saturated rings. The number of piperazine rings is 1. The van der Waals surface area contributed by atoms with Crippen LogP contribution in [0.2, 0.25) is 0 Å². The van der Waals surface area contributed by atoms with Crippen molar-refractivity contribution >= 4 is 22.8 Å². The van der Waals surface area contributed by atoms with Crippen molar-refractivity contribution in [3.05, 3.63) is 59.2 Å². The summed E-state index contributed by atoms with van der Waals surface area (Å²) in [5, 5.41) is 7.78. The average Bonchev–Trinajstić information content (AvgIpc) is 3.32. The lowest BCUT2D eigenvalue weighted by molar-refractivity contribution is -0.138. The molecule has 1 aromatic heterocycles. The molecular formula is C25H29N5O3. The molecule has 2 aliphatic rings. The number of piperidine rings is 1. The highest BCUT2D eigenvalue weighted by Crippen LogP contribution is 2.22. The topological polar surface area (TPSA) is 82.8 Å². The second-order valence-electron chi connectivity index (χ2n) is 8.92. The molecule has 3 heterocycles. The molecule has 2 saturated heterocycles. The number of aromatic nitrogens is 2. The molecule has 0 unspecified atom stereocenters. The Labute approximate surface area is 193 Å². The molecule has 0 radical (unpaired) electrons. The number of carbonyl (C=O) groups is 2. The van der Waals surface area contributed by atoms with Gasteiger partial charge in [-0.25, -0.2) is 4.63 Å². The first-order valence-corrected chi connectivity index (χ1v) is 11.7. The quantitative estimate of drug-likeness (QED) is 0.598. The zero-order valence-electron chi connectivity index (χ0n) is 18.9. The number of hydrogen-bond acceptors (Lipinski definition) is 6. The maximum absolute atomic E-state index is 13.0. The van der Waals surface area contributed by atoms with Gasteiger partial charge < -0.3 is 9.80 Å². The normalized spacial score (nSPS) is 18.3. The third-order valence-electron chi connectivity index (χ3n) is 6.90. The van der Waals surface area contributed by atoms with Gasteiger partial charge in [-0.05, 0) is 58.9 Å². The maximum Gasteiger partial charge on any atom is 0.254 e. The van der Waals surface area contributed by atoms with Crippen LogP contribution in [0.1, 0.15) is 41.3 Å². The molecule has 33 heavy (non-hydrogen) atoms. The van der Waals surface area contributed by atoms with Gasteiger partial charge in [-0.1, -0.05) is 31.2 Å². The summed E-state index contributed by atoms with van der Waals surface area (Å²) in [5.41, 5.74) is 4.49. The monoisotopic (exact) mass is 447 g/mol. The first-order chi connectivity index (χ1) is 16.1. The van der Waals surface area contributed by atoms with Crippen molar-refractivity contribution in [3.63, 3.8) is 0 Å². The van der Waals surface area contributed by atoms with Gasteiger partial charge in [0.2, 0.25) is 5.91 Å². The molecule has 0 atom stereocenters. The van der Waals surface area contributed by atoms with E-state index in [1.54, 1.807) is 4.90 Å². The number of aryl methyl sites for hydroxylation is 1. The summed E-state index contributed by atoms with van der Waals surface area (Å²) < 4.78 is 4.78. The Morgan fingerprint density at radius 1 is 1.03 bits per heavy atom. The predicted molar refractivity (Wildman–Crippen MR) is 124 cm³/mol. The van der Waals surface area contributed by atoms with Crippen LogP contribution in [-0.2, 0) is 17.8 Å². The van der Waals surface area contributed by atoms with E-state index >= 15 is 0 Å². The lowest BCUT2D eigenvalue weighted by Gasteiger charge is -2.42. The summed E-state index contributed by atoms with van der Waals surface area (Å²) >= 11 is 0. The van der Waals surface area contributed by atoms with Crippen LogP contribution in [0.4, 0.5) is 0 Å². The summed E-state index contributed by atoms with van der Waals surface area (Å²) in [6, 6.07) is 14.0. The second kappa shape index (κ2) is 9.31. The molecule has 0 N–H and O–H groups in total.